The minimum Gasteiger partial charge on any atom is -0.493 e. The van der Waals surface area contributed by atoms with E-state index in [0.717, 1.165) is 57.7 Å². The second-order valence-electron chi connectivity index (χ2n) is 5.61. The fourth-order valence-electron chi connectivity index (χ4n) is 2.52. The molecule has 3 rings (SSSR count). The molecule has 2 N–H and O–H groups in total. The van der Waals surface area contributed by atoms with E-state index >= 15 is 0 Å². The number of fused-ring (bicyclic) bond motifs is 1. The summed E-state index contributed by atoms with van der Waals surface area (Å²) in [6, 6.07) is 6.47. The van der Waals surface area contributed by atoms with Crippen LogP contribution in [0.15, 0.2) is 18.2 Å². The van der Waals surface area contributed by atoms with E-state index in [0.29, 0.717) is 5.92 Å². The summed E-state index contributed by atoms with van der Waals surface area (Å²) in [5.41, 5.74) is 2.68. The molecule has 1 heterocycles. The molecule has 0 bridgehead atoms. The molecule has 0 atom stereocenters. The van der Waals surface area contributed by atoms with Gasteiger partial charge < -0.3 is 15.4 Å². The molecule has 1 aromatic carbocycles. The highest BCUT2D eigenvalue weighted by Gasteiger charge is 2.28. The summed E-state index contributed by atoms with van der Waals surface area (Å²) < 4.78 is 5.50. The molecule has 20 heavy (non-hydrogen) atoms. The van der Waals surface area contributed by atoms with Crippen LogP contribution in [0.3, 0.4) is 0 Å². The van der Waals surface area contributed by atoms with E-state index in [4.69, 9.17) is 4.74 Å². The molecule has 1 amide bonds. The summed E-state index contributed by atoms with van der Waals surface area (Å²) in [5, 5.41) is 6.33. The quantitative estimate of drug-likeness (QED) is 0.736. The molecule has 0 aromatic heterocycles. The van der Waals surface area contributed by atoms with Gasteiger partial charge >= 0.3 is 0 Å². The Balaban J connectivity index is 1.30. The van der Waals surface area contributed by atoms with Gasteiger partial charge in [-0.15, -0.1) is 0 Å². The van der Waals surface area contributed by atoms with E-state index in [9.17, 15) is 4.79 Å². The Labute approximate surface area is 119 Å². The fraction of sp³-hybridized carbons (Fsp3) is 0.562. The molecule has 4 nitrogen and oxygen atoms in total. The van der Waals surface area contributed by atoms with Crippen LogP contribution >= 0.6 is 0 Å². The second-order valence-corrected chi connectivity index (χ2v) is 5.61. The molecule has 4 heteroatoms. The average Bonchev–Trinajstić information content (AvgIpc) is 3.21. The first-order chi connectivity index (χ1) is 9.83. The normalized spacial score (nSPS) is 16.6. The van der Waals surface area contributed by atoms with Gasteiger partial charge in [-0.1, -0.05) is 12.1 Å². The third-order valence-electron chi connectivity index (χ3n) is 3.89. The Kier molecular flexibility index (Phi) is 4.21. The van der Waals surface area contributed by atoms with E-state index in [1.165, 1.54) is 11.1 Å². The van der Waals surface area contributed by atoms with Crippen LogP contribution in [0.25, 0.3) is 0 Å². The number of nitrogens with one attached hydrogen (secondary N) is 2. The van der Waals surface area contributed by atoms with Crippen LogP contribution in [0.4, 0.5) is 0 Å². The number of ether oxygens (including phenoxy) is 1. The number of benzene rings is 1. The van der Waals surface area contributed by atoms with Crippen molar-refractivity contribution in [2.75, 3.05) is 26.2 Å². The van der Waals surface area contributed by atoms with Crippen molar-refractivity contribution in [3.8, 4) is 5.75 Å². The van der Waals surface area contributed by atoms with Crippen molar-refractivity contribution in [1.29, 1.82) is 0 Å². The zero-order valence-corrected chi connectivity index (χ0v) is 11.8. The zero-order valence-electron chi connectivity index (χ0n) is 11.8. The van der Waals surface area contributed by atoms with Gasteiger partial charge in [-0.2, -0.15) is 0 Å². The summed E-state index contributed by atoms with van der Waals surface area (Å²) in [7, 11) is 0. The molecule has 1 saturated carbocycles. The van der Waals surface area contributed by atoms with Gasteiger partial charge in [0.05, 0.1) is 6.61 Å². The third kappa shape index (κ3) is 3.51. The van der Waals surface area contributed by atoms with Gasteiger partial charge in [0.25, 0.3) is 0 Å². The minimum absolute atomic E-state index is 0.227. The largest absolute Gasteiger partial charge is 0.493 e. The predicted molar refractivity (Wildman–Crippen MR) is 77.9 cm³/mol. The Morgan fingerprint density at radius 1 is 1.25 bits per heavy atom. The first kappa shape index (κ1) is 13.4. The van der Waals surface area contributed by atoms with Crippen LogP contribution in [0.1, 0.15) is 24.0 Å². The smallest absolute Gasteiger partial charge is 0.223 e. The summed E-state index contributed by atoms with van der Waals surface area (Å²) in [4.78, 5) is 11.4. The van der Waals surface area contributed by atoms with Crippen molar-refractivity contribution in [3.63, 3.8) is 0 Å². The van der Waals surface area contributed by atoms with Gasteiger partial charge in [-0.3, -0.25) is 4.79 Å². The zero-order chi connectivity index (χ0) is 13.8. The Morgan fingerprint density at radius 2 is 2.15 bits per heavy atom. The third-order valence-corrected chi connectivity index (χ3v) is 3.89. The lowest BCUT2D eigenvalue weighted by Gasteiger charge is -2.07. The van der Waals surface area contributed by atoms with Crippen molar-refractivity contribution in [1.82, 2.24) is 10.6 Å². The van der Waals surface area contributed by atoms with Crippen molar-refractivity contribution >= 4 is 5.91 Å². The standard InChI is InChI=1S/C16H22N2O2/c19-16(13-2-3-13)18-9-8-17-7-5-12-1-4-15-14(11-12)6-10-20-15/h1,4,11,13,17H,2-3,5-10H2,(H,18,19). The SMILES string of the molecule is O=C(NCCNCCc1ccc2c(c1)CCO2)C1CC1. The molecule has 108 valence electrons. The van der Waals surface area contributed by atoms with E-state index in [1.54, 1.807) is 0 Å². The molecular weight excluding hydrogens is 252 g/mol. The van der Waals surface area contributed by atoms with E-state index in [-0.39, 0.29) is 5.91 Å². The van der Waals surface area contributed by atoms with Gasteiger partial charge in [0, 0.05) is 25.4 Å². The topological polar surface area (TPSA) is 50.4 Å². The van der Waals surface area contributed by atoms with Crippen LogP contribution < -0.4 is 15.4 Å². The molecule has 1 aliphatic heterocycles. The molecule has 0 spiro atoms. The molecule has 0 saturated heterocycles. The monoisotopic (exact) mass is 274 g/mol. The lowest BCUT2D eigenvalue weighted by atomic mass is 10.1. The summed E-state index contributed by atoms with van der Waals surface area (Å²) in [5.74, 6) is 1.58. The Morgan fingerprint density at radius 3 is 3.00 bits per heavy atom. The number of amides is 1. The number of hydrogen-bond acceptors (Lipinski definition) is 3. The van der Waals surface area contributed by atoms with Crippen LogP contribution in [-0.4, -0.2) is 32.1 Å². The van der Waals surface area contributed by atoms with E-state index in [1.807, 2.05) is 0 Å². The van der Waals surface area contributed by atoms with E-state index in [2.05, 4.69) is 28.8 Å². The molecule has 0 radical (unpaired) electrons. The number of rotatable bonds is 7. The lowest BCUT2D eigenvalue weighted by molar-refractivity contribution is -0.122. The van der Waals surface area contributed by atoms with Crippen molar-refractivity contribution in [3.05, 3.63) is 29.3 Å². The molecule has 0 unspecified atom stereocenters. The van der Waals surface area contributed by atoms with Gasteiger partial charge in [0.1, 0.15) is 5.75 Å². The average molecular weight is 274 g/mol. The lowest BCUT2D eigenvalue weighted by Crippen LogP contribution is -2.33. The molecule has 1 aromatic rings. The first-order valence-corrected chi connectivity index (χ1v) is 7.56. The van der Waals surface area contributed by atoms with Crippen molar-refractivity contribution < 1.29 is 9.53 Å². The predicted octanol–water partition coefficient (Wildman–Crippen LogP) is 1.28. The fourth-order valence-corrected chi connectivity index (χ4v) is 2.52. The van der Waals surface area contributed by atoms with Crippen LogP contribution in [-0.2, 0) is 17.6 Å². The molecule has 2 aliphatic rings. The summed E-state index contributed by atoms with van der Waals surface area (Å²) >= 11 is 0. The molecular formula is C16H22N2O2. The van der Waals surface area contributed by atoms with Gasteiger partial charge in [0.2, 0.25) is 5.91 Å². The van der Waals surface area contributed by atoms with Crippen LogP contribution in [0.2, 0.25) is 0 Å². The molecule has 1 fully saturated rings. The Hall–Kier alpha value is -1.55. The van der Waals surface area contributed by atoms with Crippen LogP contribution in [0.5, 0.6) is 5.75 Å². The maximum absolute atomic E-state index is 11.4. The van der Waals surface area contributed by atoms with Crippen LogP contribution in [0, 0.1) is 5.92 Å². The Bertz CT molecular complexity index is 483. The highest BCUT2D eigenvalue weighted by atomic mass is 16.5. The number of carbonyl (C=O) groups excluding carboxylic acids is 1. The van der Waals surface area contributed by atoms with Gasteiger partial charge in [0.15, 0.2) is 0 Å². The minimum atomic E-state index is 0.227. The van der Waals surface area contributed by atoms with Crippen molar-refractivity contribution in [2.24, 2.45) is 5.92 Å². The highest BCUT2D eigenvalue weighted by molar-refractivity contribution is 5.80. The summed E-state index contributed by atoms with van der Waals surface area (Å²) in [6.07, 6.45) is 4.19. The maximum Gasteiger partial charge on any atom is 0.223 e. The first-order valence-electron chi connectivity index (χ1n) is 7.56. The maximum atomic E-state index is 11.4. The van der Waals surface area contributed by atoms with E-state index < -0.39 is 0 Å². The van der Waals surface area contributed by atoms with Gasteiger partial charge in [-0.05, 0) is 43.0 Å². The molecule has 1 aliphatic carbocycles. The second kappa shape index (κ2) is 6.27. The number of carbonyl (C=O) groups is 1. The summed E-state index contributed by atoms with van der Waals surface area (Å²) in [6.45, 7) is 3.33. The number of hydrogen-bond donors (Lipinski definition) is 2. The highest BCUT2D eigenvalue weighted by Crippen LogP contribution is 2.28. The van der Waals surface area contributed by atoms with Crippen molar-refractivity contribution in [2.45, 2.75) is 25.7 Å². The van der Waals surface area contributed by atoms with Gasteiger partial charge in [-0.25, -0.2) is 0 Å².